The molecule has 0 aliphatic carbocycles. The van der Waals surface area contributed by atoms with E-state index in [2.05, 4.69) is 53.2 Å². The fourth-order valence-corrected chi connectivity index (χ4v) is 2.34. The SMILES string of the molecule is CNc1ccc(N2CCN(C(C)C)CC2)cc1. The number of nitrogens with zero attached hydrogens (tertiary/aromatic N) is 2. The van der Waals surface area contributed by atoms with E-state index in [0.29, 0.717) is 6.04 Å². The van der Waals surface area contributed by atoms with Crippen molar-refractivity contribution < 1.29 is 0 Å². The second-order valence-corrected chi connectivity index (χ2v) is 4.91. The van der Waals surface area contributed by atoms with Crippen LogP contribution in [0.4, 0.5) is 11.4 Å². The molecule has 1 fully saturated rings. The van der Waals surface area contributed by atoms with E-state index >= 15 is 0 Å². The molecule has 17 heavy (non-hydrogen) atoms. The van der Waals surface area contributed by atoms with Gasteiger partial charge in [0, 0.05) is 50.6 Å². The first kappa shape index (κ1) is 12.2. The first-order chi connectivity index (χ1) is 8.20. The second-order valence-electron chi connectivity index (χ2n) is 4.91. The zero-order valence-electron chi connectivity index (χ0n) is 11.1. The Morgan fingerprint density at radius 2 is 1.59 bits per heavy atom. The van der Waals surface area contributed by atoms with Crippen LogP contribution in [0.3, 0.4) is 0 Å². The number of rotatable bonds is 3. The molecule has 94 valence electrons. The number of hydrogen-bond donors (Lipinski definition) is 1. The molecule has 0 unspecified atom stereocenters. The van der Waals surface area contributed by atoms with Crippen LogP contribution in [0.15, 0.2) is 24.3 Å². The lowest BCUT2D eigenvalue weighted by molar-refractivity contribution is 0.209. The van der Waals surface area contributed by atoms with Gasteiger partial charge in [-0.05, 0) is 38.1 Å². The van der Waals surface area contributed by atoms with Gasteiger partial charge in [-0.1, -0.05) is 0 Å². The monoisotopic (exact) mass is 233 g/mol. The predicted molar refractivity (Wildman–Crippen MR) is 74.9 cm³/mol. The molecule has 3 nitrogen and oxygen atoms in total. The fourth-order valence-electron chi connectivity index (χ4n) is 2.34. The molecule has 1 aliphatic heterocycles. The van der Waals surface area contributed by atoms with Crippen LogP contribution < -0.4 is 10.2 Å². The van der Waals surface area contributed by atoms with Gasteiger partial charge >= 0.3 is 0 Å². The van der Waals surface area contributed by atoms with E-state index < -0.39 is 0 Å². The Balaban J connectivity index is 1.95. The Morgan fingerprint density at radius 3 is 2.06 bits per heavy atom. The molecule has 0 radical (unpaired) electrons. The third kappa shape index (κ3) is 2.91. The molecule has 0 spiro atoms. The second kappa shape index (κ2) is 5.41. The summed E-state index contributed by atoms with van der Waals surface area (Å²) in [4.78, 5) is 5.01. The van der Waals surface area contributed by atoms with E-state index in [1.54, 1.807) is 0 Å². The van der Waals surface area contributed by atoms with Crippen LogP contribution >= 0.6 is 0 Å². The van der Waals surface area contributed by atoms with Gasteiger partial charge in [0.25, 0.3) is 0 Å². The van der Waals surface area contributed by atoms with Crippen molar-refractivity contribution >= 4 is 11.4 Å². The summed E-state index contributed by atoms with van der Waals surface area (Å²) in [5.41, 5.74) is 2.52. The Kier molecular flexibility index (Phi) is 3.89. The quantitative estimate of drug-likeness (QED) is 0.864. The molecule has 0 saturated carbocycles. The summed E-state index contributed by atoms with van der Waals surface area (Å²) in [5, 5.41) is 3.15. The summed E-state index contributed by atoms with van der Waals surface area (Å²) in [7, 11) is 1.95. The maximum atomic E-state index is 3.15. The summed E-state index contributed by atoms with van der Waals surface area (Å²) in [6.07, 6.45) is 0. The van der Waals surface area contributed by atoms with E-state index in [1.807, 2.05) is 7.05 Å². The third-order valence-corrected chi connectivity index (χ3v) is 3.57. The van der Waals surface area contributed by atoms with Crippen molar-refractivity contribution in [1.82, 2.24) is 4.90 Å². The largest absolute Gasteiger partial charge is 0.388 e. The highest BCUT2D eigenvalue weighted by Gasteiger charge is 2.18. The Labute approximate surface area is 104 Å². The maximum absolute atomic E-state index is 3.15. The molecule has 1 aromatic rings. The first-order valence-corrected chi connectivity index (χ1v) is 6.47. The van der Waals surface area contributed by atoms with E-state index in [-0.39, 0.29) is 0 Å². The van der Waals surface area contributed by atoms with Gasteiger partial charge in [-0.2, -0.15) is 0 Å². The summed E-state index contributed by atoms with van der Waals surface area (Å²) < 4.78 is 0. The fraction of sp³-hybridized carbons (Fsp3) is 0.571. The summed E-state index contributed by atoms with van der Waals surface area (Å²) >= 11 is 0. The lowest BCUT2D eigenvalue weighted by Gasteiger charge is -2.38. The molecule has 2 rings (SSSR count). The van der Waals surface area contributed by atoms with Crippen LogP contribution in [0.5, 0.6) is 0 Å². The number of anilines is 2. The van der Waals surface area contributed by atoms with E-state index in [4.69, 9.17) is 0 Å². The van der Waals surface area contributed by atoms with E-state index in [1.165, 1.54) is 24.5 Å². The third-order valence-electron chi connectivity index (χ3n) is 3.57. The Bertz CT molecular complexity index is 337. The average Bonchev–Trinajstić information content (AvgIpc) is 2.39. The normalized spacial score (nSPS) is 17.5. The summed E-state index contributed by atoms with van der Waals surface area (Å²) in [6, 6.07) is 9.37. The maximum Gasteiger partial charge on any atom is 0.0368 e. The van der Waals surface area contributed by atoms with Crippen LogP contribution in [0.25, 0.3) is 0 Å². The molecule has 0 aromatic heterocycles. The van der Waals surface area contributed by atoms with Gasteiger partial charge in [-0.3, -0.25) is 4.90 Å². The van der Waals surface area contributed by atoms with Crippen LogP contribution in [0.1, 0.15) is 13.8 Å². The smallest absolute Gasteiger partial charge is 0.0368 e. The van der Waals surface area contributed by atoms with Gasteiger partial charge in [0.05, 0.1) is 0 Å². The molecule has 0 bridgehead atoms. The van der Waals surface area contributed by atoms with Crippen LogP contribution in [-0.2, 0) is 0 Å². The van der Waals surface area contributed by atoms with Gasteiger partial charge in [-0.15, -0.1) is 0 Å². The van der Waals surface area contributed by atoms with Crippen molar-refractivity contribution in [2.24, 2.45) is 0 Å². The predicted octanol–water partition coefficient (Wildman–Crippen LogP) is 2.26. The molecule has 1 saturated heterocycles. The van der Waals surface area contributed by atoms with Gasteiger partial charge in [-0.25, -0.2) is 0 Å². The minimum atomic E-state index is 0.670. The highest BCUT2D eigenvalue weighted by Crippen LogP contribution is 2.19. The molecular weight excluding hydrogens is 210 g/mol. The van der Waals surface area contributed by atoms with Gasteiger partial charge < -0.3 is 10.2 Å². The van der Waals surface area contributed by atoms with Gasteiger partial charge in [0.15, 0.2) is 0 Å². The molecule has 1 heterocycles. The molecule has 0 atom stereocenters. The minimum absolute atomic E-state index is 0.670. The van der Waals surface area contributed by atoms with Crippen molar-refractivity contribution in [3.8, 4) is 0 Å². The number of hydrogen-bond acceptors (Lipinski definition) is 3. The highest BCUT2D eigenvalue weighted by molar-refractivity contribution is 5.55. The van der Waals surface area contributed by atoms with E-state index in [0.717, 1.165) is 13.1 Å². The summed E-state index contributed by atoms with van der Waals surface area (Å²) in [6.45, 7) is 9.17. The molecule has 3 heteroatoms. The first-order valence-electron chi connectivity index (χ1n) is 6.47. The highest BCUT2D eigenvalue weighted by atomic mass is 15.3. The van der Waals surface area contributed by atoms with Crippen molar-refractivity contribution in [3.05, 3.63) is 24.3 Å². The van der Waals surface area contributed by atoms with Crippen LogP contribution in [0.2, 0.25) is 0 Å². The topological polar surface area (TPSA) is 18.5 Å². The van der Waals surface area contributed by atoms with E-state index in [9.17, 15) is 0 Å². The van der Waals surface area contributed by atoms with Gasteiger partial charge in [0.2, 0.25) is 0 Å². The van der Waals surface area contributed by atoms with Crippen molar-refractivity contribution in [1.29, 1.82) is 0 Å². The average molecular weight is 233 g/mol. The summed E-state index contributed by atoms with van der Waals surface area (Å²) in [5.74, 6) is 0. The molecule has 1 N–H and O–H groups in total. The van der Waals surface area contributed by atoms with Crippen molar-refractivity contribution in [2.75, 3.05) is 43.4 Å². The molecule has 1 aromatic carbocycles. The molecular formula is C14H23N3. The molecule has 1 aliphatic rings. The zero-order valence-corrected chi connectivity index (χ0v) is 11.1. The Morgan fingerprint density at radius 1 is 1.00 bits per heavy atom. The minimum Gasteiger partial charge on any atom is -0.388 e. The number of piperazine rings is 1. The lowest BCUT2D eigenvalue weighted by atomic mass is 10.2. The van der Waals surface area contributed by atoms with Crippen molar-refractivity contribution in [3.63, 3.8) is 0 Å². The standard InChI is InChI=1S/C14H23N3/c1-12(2)16-8-10-17(11-9-16)14-6-4-13(15-3)5-7-14/h4-7,12,15H,8-11H2,1-3H3. The van der Waals surface area contributed by atoms with Gasteiger partial charge in [0.1, 0.15) is 0 Å². The van der Waals surface area contributed by atoms with Crippen LogP contribution in [0, 0.1) is 0 Å². The van der Waals surface area contributed by atoms with Crippen LogP contribution in [-0.4, -0.2) is 44.2 Å². The number of nitrogens with one attached hydrogen (secondary N) is 1. The molecule has 0 amide bonds. The van der Waals surface area contributed by atoms with Crippen molar-refractivity contribution in [2.45, 2.75) is 19.9 Å². The lowest BCUT2D eigenvalue weighted by Crippen LogP contribution is -2.48. The zero-order chi connectivity index (χ0) is 12.3. The Hall–Kier alpha value is -1.22. The number of benzene rings is 1.